The average molecular weight is 309 g/mol. The fourth-order valence-corrected chi connectivity index (χ4v) is 2.91. The molecule has 0 saturated carbocycles. The zero-order valence-electron chi connectivity index (χ0n) is 13.2. The lowest BCUT2D eigenvalue weighted by molar-refractivity contribution is 0.0531. The first-order valence-electron chi connectivity index (χ1n) is 7.69. The number of aryl methyl sites for hydroxylation is 1. The van der Waals surface area contributed by atoms with Crippen molar-refractivity contribution >= 4 is 11.9 Å². The minimum atomic E-state index is -1.08. The van der Waals surface area contributed by atoms with E-state index in [0.717, 1.165) is 6.42 Å². The molecule has 1 fully saturated rings. The second kappa shape index (κ2) is 6.96. The first-order chi connectivity index (χ1) is 10.4. The molecule has 0 aromatic carbocycles. The van der Waals surface area contributed by atoms with Crippen LogP contribution >= 0.6 is 0 Å². The molecule has 1 aromatic rings. The van der Waals surface area contributed by atoms with Crippen molar-refractivity contribution < 1.29 is 23.8 Å². The summed E-state index contributed by atoms with van der Waals surface area (Å²) in [5.41, 5.74) is 0.0527. The number of amides is 1. The quantitative estimate of drug-likeness (QED) is 0.842. The zero-order valence-corrected chi connectivity index (χ0v) is 13.2. The Morgan fingerprint density at radius 3 is 2.73 bits per heavy atom. The number of carboxylic acid groups (broad SMARTS) is 1. The van der Waals surface area contributed by atoms with E-state index in [-0.39, 0.29) is 29.3 Å². The minimum Gasteiger partial charge on any atom is -0.478 e. The highest BCUT2D eigenvalue weighted by Crippen LogP contribution is 2.26. The summed E-state index contributed by atoms with van der Waals surface area (Å²) in [6.07, 6.45) is 1.50. The van der Waals surface area contributed by atoms with Crippen LogP contribution in [0, 0.1) is 11.8 Å². The number of nitrogens with one attached hydrogen (secondary N) is 1. The van der Waals surface area contributed by atoms with E-state index in [1.807, 2.05) is 0 Å². The molecule has 22 heavy (non-hydrogen) atoms. The summed E-state index contributed by atoms with van der Waals surface area (Å²) in [4.78, 5) is 23.2. The van der Waals surface area contributed by atoms with Gasteiger partial charge in [0.2, 0.25) is 0 Å². The second-order valence-corrected chi connectivity index (χ2v) is 5.94. The predicted octanol–water partition coefficient (Wildman–Crippen LogP) is 2.33. The van der Waals surface area contributed by atoms with Crippen LogP contribution in [0.3, 0.4) is 0 Å². The van der Waals surface area contributed by atoms with Crippen LogP contribution in [-0.4, -0.2) is 36.2 Å². The fraction of sp³-hybridized carbons (Fsp3) is 0.625. The molecule has 0 bridgehead atoms. The summed E-state index contributed by atoms with van der Waals surface area (Å²) in [5, 5.41) is 11.9. The summed E-state index contributed by atoms with van der Waals surface area (Å²) in [7, 11) is 0. The third-order valence-corrected chi connectivity index (χ3v) is 4.03. The molecular weight excluding hydrogens is 286 g/mol. The Balaban J connectivity index is 1.99. The third kappa shape index (κ3) is 3.50. The van der Waals surface area contributed by atoms with Gasteiger partial charge in [-0.25, -0.2) is 4.79 Å². The van der Waals surface area contributed by atoms with E-state index in [4.69, 9.17) is 14.3 Å². The Morgan fingerprint density at radius 1 is 1.45 bits per heavy atom. The largest absolute Gasteiger partial charge is 0.478 e. The number of ether oxygens (including phenoxy) is 1. The van der Waals surface area contributed by atoms with Crippen molar-refractivity contribution in [1.82, 2.24) is 5.32 Å². The maximum absolute atomic E-state index is 12.1. The van der Waals surface area contributed by atoms with Gasteiger partial charge in [0.25, 0.3) is 5.91 Å². The van der Waals surface area contributed by atoms with Crippen molar-refractivity contribution in [2.45, 2.75) is 39.7 Å². The molecule has 1 aliphatic heterocycles. The van der Waals surface area contributed by atoms with Crippen LogP contribution in [0.2, 0.25) is 0 Å². The Morgan fingerprint density at radius 2 is 2.18 bits per heavy atom. The molecule has 1 amide bonds. The maximum atomic E-state index is 12.1. The van der Waals surface area contributed by atoms with Gasteiger partial charge in [-0.3, -0.25) is 4.79 Å². The van der Waals surface area contributed by atoms with Gasteiger partial charge < -0.3 is 19.6 Å². The predicted molar refractivity (Wildman–Crippen MR) is 80.1 cm³/mol. The molecule has 1 saturated heterocycles. The SMILES string of the molecule is CCc1oc(C(=O)NCC2CCOC2C(C)C)cc1C(=O)O. The van der Waals surface area contributed by atoms with Crippen LogP contribution in [0.15, 0.2) is 10.5 Å². The Bertz CT molecular complexity index is 549. The van der Waals surface area contributed by atoms with Crippen LogP contribution in [0.25, 0.3) is 0 Å². The van der Waals surface area contributed by atoms with Crippen LogP contribution in [0.5, 0.6) is 0 Å². The monoisotopic (exact) mass is 309 g/mol. The van der Waals surface area contributed by atoms with Gasteiger partial charge in [0, 0.05) is 31.6 Å². The normalized spacial score (nSPS) is 21.3. The van der Waals surface area contributed by atoms with Gasteiger partial charge in [-0.05, 0) is 12.3 Å². The molecular formula is C16H23NO5. The summed E-state index contributed by atoms with van der Waals surface area (Å²) in [6.45, 7) is 7.21. The van der Waals surface area contributed by atoms with E-state index in [0.29, 0.717) is 31.3 Å². The Kier molecular flexibility index (Phi) is 5.24. The van der Waals surface area contributed by atoms with Gasteiger partial charge in [-0.15, -0.1) is 0 Å². The molecule has 2 heterocycles. The molecule has 0 spiro atoms. The molecule has 6 nitrogen and oxygen atoms in total. The zero-order chi connectivity index (χ0) is 16.3. The molecule has 2 rings (SSSR count). The minimum absolute atomic E-state index is 0.0502. The van der Waals surface area contributed by atoms with Crippen molar-refractivity contribution in [2.75, 3.05) is 13.2 Å². The highest BCUT2D eigenvalue weighted by molar-refractivity contribution is 5.96. The fourth-order valence-electron chi connectivity index (χ4n) is 2.91. The molecule has 1 aromatic heterocycles. The topological polar surface area (TPSA) is 88.8 Å². The number of aromatic carboxylic acids is 1. The van der Waals surface area contributed by atoms with Crippen LogP contribution in [0.1, 0.15) is 53.9 Å². The van der Waals surface area contributed by atoms with Gasteiger partial charge in [-0.2, -0.15) is 0 Å². The van der Waals surface area contributed by atoms with Gasteiger partial charge in [-0.1, -0.05) is 20.8 Å². The molecule has 1 aliphatic rings. The van der Waals surface area contributed by atoms with E-state index in [1.165, 1.54) is 6.07 Å². The lowest BCUT2D eigenvalue weighted by Gasteiger charge is -2.21. The third-order valence-electron chi connectivity index (χ3n) is 4.03. The van der Waals surface area contributed by atoms with Crippen molar-refractivity contribution in [3.8, 4) is 0 Å². The standard InChI is InChI=1S/C16H23NO5/c1-4-12-11(16(19)20)7-13(22-12)15(18)17-8-10-5-6-21-14(10)9(2)3/h7,9-10,14H,4-6,8H2,1-3H3,(H,17,18)(H,19,20). The van der Waals surface area contributed by atoms with E-state index >= 15 is 0 Å². The number of rotatable bonds is 6. The second-order valence-electron chi connectivity index (χ2n) is 5.94. The van der Waals surface area contributed by atoms with Gasteiger partial charge in [0.15, 0.2) is 5.76 Å². The molecule has 2 atom stereocenters. The molecule has 2 N–H and O–H groups in total. The maximum Gasteiger partial charge on any atom is 0.339 e. The lowest BCUT2D eigenvalue weighted by atomic mass is 9.93. The van der Waals surface area contributed by atoms with Crippen LogP contribution < -0.4 is 5.32 Å². The highest BCUT2D eigenvalue weighted by Gasteiger charge is 2.31. The molecule has 2 unspecified atom stereocenters. The van der Waals surface area contributed by atoms with Gasteiger partial charge in [0.1, 0.15) is 11.3 Å². The molecule has 0 aliphatic carbocycles. The van der Waals surface area contributed by atoms with E-state index in [1.54, 1.807) is 6.92 Å². The van der Waals surface area contributed by atoms with E-state index in [9.17, 15) is 9.59 Å². The molecule has 122 valence electrons. The summed E-state index contributed by atoms with van der Waals surface area (Å²) < 4.78 is 11.0. The van der Waals surface area contributed by atoms with E-state index in [2.05, 4.69) is 19.2 Å². The number of carboxylic acids is 1. The number of hydrogen-bond acceptors (Lipinski definition) is 4. The van der Waals surface area contributed by atoms with Crippen molar-refractivity contribution in [1.29, 1.82) is 0 Å². The summed E-state index contributed by atoms with van der Waals surface area (Å²) in [6, 6.07) is 1.29. The first-order valence-corrected chi connectivity index (χ1v) is 7.69. The van der Waals surface area contributed by atoms with Gasteiger partial charge in [0.05, 0.1) is 6.10 Å². The molecule has 6 heteroatoms. The van der Waals surface area contributed by atoms with Crippen molar-refractivity contribution in [3.63, 3.8) is 0 Å². The van der Waals surface area contributed by atoms with Crippen molar-refractivity contribution in [3.05, 3.63) is 23.2 Å². The number of furan rings is 1. The number of carbonyl (C=O) groups excluding carboxylic acids is 1. The van der Waals surface area contributed by atoms with Crippen molar-refractivity contribution in [2.24, 2.45) is 11.8 Å². The molecule has 0 radical (unpaired) electrons. The van der Waals surface area contributed by atoms with Crippen LogP contribution in [-0.2, 0) is 11.2 Å². The average Bonchev–Trinajstić information content (AvgIpc) is 3.10. The Labute approximate surface area is 129 Å². The summed E-state index contributed by atoms with van der Waals surface area (Å²) in [5.74, 6) is -0.404. The van der Waals surface area contributed by atoms with Gasteiger partial charge >= 0.3 is 5.97 Å². The smallest absolute Gasteiger partial charge is 0.339 e. The lowest BCUT2D eigenvalue weighted by Crippen LogP contribution is -2.34. The highest BCUT2D eigenvalue weighted by atomic mass is 16.5. The van der Waals surface area contributed by atoms with Crippen LogP contribution in [0.4, 0.5) is 0 Å². The Hall–Kier alpha value is -1.82. The number of hydrogen-bond donors (Lipinski definition) is 2. The van der Waals surface area contributed by atoms with E-state index < -0.39 is 5.97 Å². The number of carbonyl (C=O) groups is 2. The summed E-state index contributed by atoms with van der Waals surface area (Å²) >= 11 is 0. The first kappa shape index (κ1) is 16.5.